The van der Waals surface area contributed by atoms with Gasteiger partial charge in [0.15, 0.2) is 11.5 Å². The highest BCUT2D eigenvalue weighted by atomic mass is 16.5. The number of benzene rings is 2. The number of ether oxygens (including phenoxy) is 2. The van der Waals surface area contributed by atoms with Gasteiger partial charge in [-0.15, -0.1) is 0 Å². The summed E-state index contributed by atoms with van der Waals surface area (Å²) in [6, 6.07) is 13.6. The van der Waals surface area contributed by atoms with Crippen LogP contribution in [0.1, 0.15) is 38.2 Å². The van der Waals surface area contributed by atoms with Gasteiger partial charge in [-0.05, 0) is 67.8 Å². The number of hydrogen-bond donors (Lipinski definition) is 3. The van der Waals surface area contributed by atoms with Gasteiger partial charge in [-0.1, -0.05) is 13.8 Å². The van der Waals surface area contributed by atoms with Crippen LogP contribution in [0.2, 0.25) is 0 Å². The summed E-state index contributed by atoms with van der Waals surface area (Å²) in [6.07, 6.45) is 2.37. The van der Waals surface area contributed by atoms with Crippen LogP contribution in [0.15, 0.2) is 36.4 Å². The number of fused-ring (bicyclic) bond motifs is 1. The molecule has 0 amide bonds. The number of methoxy groups -OCH3 is 2. The van der Waals surface area contributed by atoms with Crippen molar-refractivity contribution in [3.63, 3.8) is 0 Å². The van der Waals surface area contributed by atoms with Gasteiger partial charge in [-0.3, -0.25) is 0 Å². The molecule has 4 rings (SSSR count). The van der Waals surface area contributed by atoms with Gasteiger partial charge in [0, 0.05) is 54.4 Å². The first kappa shape index (κ1) is 23.5. The number of piperidine rings is 1. The van der Waals surface area contributed by atoms with Crippen molar-refractivity contribution < 1.29 is 9.47 Å². The third kappa shape index (κ3) is 4.97. The highest BCUT2D eigenvalue weighted by Gasteiger charge is 2.22. The Morgan fingerprint density at radius 2 is 1.76 bits per heavy atom. The summed E-state index contributed by atoms with van der Waals surface area (Å²) in [7, 11) is 5.36. The molecule has 33 heavy (non-hydrogen) atoms. The summed E-state index contributed by atoms with van der Waals surface area (Å²) >= 11 is 0. The van der Waals surface area contributed by atoms with Crippen molar-refractivity contribution in [3.05, 3.63) is 42.0 Å². The predicted octanol–water partition coefficient (Wildman–Crippen LogP) is 4.75. The van der Waals surface area contributed by atoms with Gasteiger partial charge in [0.1, 0.15) is 0 Å². The van der Waals surface area contributed by atoms with Gasteiger partial charge in [-0.25, -0.2) is 0 Å². The molecule has 1 aliphatic heterocycles. The van der Waals surface area contributed by atoms with E-state index in [0.717, 1.165) is 48.9 Å². The van der Waals surface area contributed by atoms with E-state index < -0.39 is 0 Å². The van der Waals surface area contributed by atoms with Gasteiger partial charge < -0.3 is 30.0 Å². The molecular formula is C27H38N4O2. The molecule has 0 saturated carbocycles. The number of rotatable bonds is 9. The van der Waals surface area contributed by atoms with E-state index in [0.29, 0.717) is 12.0 Å². The minimum absolute atomic E-state index is 0.388. The summed E-state index contributed by atoms with van der Waals surface area (Å²) in [6.45, 7) is 8.76. The van der Waals surface area contributed by atoms with Crippen LogP contribution >= 0.6 is 0 Å². The average Bonchev–Trinajstić information content (AvgIpc) is 3.23. The topological polar surface area (TPSA) is 61.5 Å². The van der Waals surface area contributed by atoms with Crippen molar-refractivity contribution in [2.24, 2.45) is 0 Å². The smallest absolute Gasteiger partial charge is 0.161 e. The zero-order valence-electron chi connectivity index (χ0n) is 20.6. The minimum Gasteiger partial charge on any atom is -0.493 e. The van der Waals surface area contributed by atoms with E-state index >= 15 is 0 Å². The van der Waals surface area contributed by atoms with Crippen LogP contribution in [-0.2, 0) is 0 Å². The molecular weight excluding hydrogens is 412 g/mol. The van der Waals surface area contributed by atoms with Crippen molar-refractivity contribution in [2.45, 2.75) is 38.6 Å². The molecule has 3 N–H and O–H groups in total. The highest BCUT2D eigenvalue weighted by molar-refractivity contribution is 5.93. The second-order valence-corrected chi connectivity index (χ2v) is 9.19. The molecule has 6 heteroatoms. The maximum absolute atomic E-state index is 5.56. The lowest BCUT2D eigenvalue weighted by Crippen LogP contribution is -2.44. The van der Waals surface area contributed by atoms with E-state index in [4.69, 9.17) is 9.47 Å². The first-order valence-electron chi connectivity index (χ1n) is 12.1. The molecule has 1 aromatic heterocycles. The second kappa shape index (κ2) is 10.5. The third-order valence-electron chi connectivity index (χ3n) is 6.74. The number of nitrogens with zero attached hydrogens (tertiary/aromatic N) is 1. The first-order chi connectivity index (χ1) is 16.0. The van der Waals surface area contributed by atoms with Crippen molar-refractivity contribution in [1.82, 2.24) is 15.6 Å². The van der Waals surface area contributed by atoms with Crippen LogP contribution in [-0.4, -0.2) is 58.5 Å². The van der Waals surface area contributed by atoms with Crippen LogP contribution in [0, 0.1) is 0 Å². The Hall–Kier alpha value is -2.70. The molecule has 0 radical (unpaired) electrons. The standard InChI is InChI=1S/C27H38N4O2/c1-18(2)26-22-17-21(31-14-10-20(11-15-31)29-13-12-28-3)7-8-23(22)30-27(26)19-6-9-24(32-4)25(16-19)33-5/h6-9,16-18,20,28-30H,10-15H2,1-5H3. The number of aromatic nitrogens is 1. The zero-order chi connectivity index (χ0) is 23.4. The predicted molar refractivity (Wildman–Crippen MR) is 138 cm³/mol. The van der Waals surface area contributed by atoms with E-state index in [2.05, 4.69) is 64.7 Å². The fourth-order valence-electron chi connectivity index (χ4n) is 4.96. The van der Waals surface area contributed by atoms with Crippen molar-refractivity contribution in [2.75, 3.05) is 52.3 Å². The van der Waals surface area contributed by atoms with Gasteiger partial charge in [-0.2, -0.15) is 0 Å². The maximum Gasteiger partial charge on any atom is 0.161 e. The number of likely N-dealkylation sites (N-methyl/N-ethyl adjacent to an activating group) is 1. The van der Waals surface area contributed by atoms with Gasteiger partial charge in [0.2, 0.25) is 0 Å². The Morgan fingerprint density at radius 1 is 1.00 bits per heavy atom. The van der Waals surface area contributed by atoms with E-state index in [1.807, 2.05) is 13.1 Å². The Balaban J connectivity index is 1.62. The lowest BCUT2D eigenvalue weighted by atomic mass is 9.95. The van der Waals surface area contributed by atoms with E-state index in [-0.39, 0.29) is 0 Å². The van der Waals surface area contributed by atoms with E-state index in [1.54, 1.807) is 14.2 Å². The number of hydrogen-bond acceptors (Lipinski definition) is 5. The zero-order valence-corrected chi connectivity index (χ0v) is 20.6. The van der Waals surface area contributed by atoms with Gasteiger partial charge in [0.25, 0.3) is 0 Å². The second-order valence-electron chi connectivity index (χ2n) is 9.19. The fraction of sp³-hybridized carbons (Fsp3) is 0.481. The number of aromatic amines is 1. The quantitative estimate of drug-likeness (QED) is 0.411. The Labute approximate surface area is 197 Å². The monoisotopic (exact) mass is 450 g/mol. The lowest BCUT2D eigenvalue weighted by Gasteiger charge is -2.34. The van der Waals surface area contributed by atoms with Crippen molar-refractivity contribution in [1.29, 1.82) is 0 Å². The minimum atomic E-state index is 0.388. The van der Waals surface area contributed by atoms with Crippen LogP contribution in [0.25, 0.3) is 22.2 Å². The van der Waals surface area contributed by atoms with Crippen LogP contribution in [0.4, 0.5) is 5.69 Å². The average molecular weight is 451 g/mol. The fourth-order valence-corrected chi connectivity index (χ4v) is 4.96. The van der Waals surface area contributed by atoms with E-state index in [1.165, 1.54) is 35.0 Å². The molecule has 0 atom stereocenters. The van der Waals surface area contributed by atoms with Crippen LogP contribution in [0.3, 0.4) is 0 Å². The summed E-state index contributed by atoms with van der Waals surface area (Å²) < 4.78 is 11.0. The molecule has 1 saturated heterocycles. The molecule has 178 valence electrons. The SMILES string of the molecule is CNCCNC1CCN(c2ccc3[nH]c(-c4ccc(OC)c(OC)c4)c(C(C)C)c3c2)CC1. The Kier molecular flexibility index (Phi) is 7.46. The maximum atomic E-state index is 5.56. The summed E-state index contributed by atoms with van der Waals surface area (Å²) in [4.78, 5) is 6.22. The molecule has 2 heterocycles. The van der Waals surface area contributed by atoms with Crippen molar-refractivity contribution in [3.8, 4) is 22.8 Å². The first-order valence-corrected chi connectivity index (χ1v) is 12.1. The summed E-state index contributed by atoms with van der Waals surface area (Å²) in [5, 5.41) is 8.19. The Bertz CT molecular complexity index is 1070. The molecule has 0 aliphatic carbocycles. The molecule has 1 aliphatic rings. The molecule has 6 nitrogen and oxygen atoms in total. The molecule has 3 aromatic rings. The third-order valence-corrected chi connectivity index (χ3v) is 6.74. The lowest BCUT2D eigenvalue weighted by molar-refractivity contribution is 0.355. The van der Waals surface area contributed by atoms with Crippen LogP contribution < -0.4 is 25.0 Å². The molecule has 0 spiro atoms. The number of H-pyrrole nitrogens is 1. The van der Waals surface area contributed by atoms with Crippen molar-refractivity contribution >= 4 is 16.6 Å². The highest BCUT2D eigenvalue weighted by Crippen LogP contribution is 2.40. The summed E-state index contributed by atoms with van der Waals surface area (Å²) in [5.74, 6) is 1.88. The normalized spacial score (nSPS) is 14.9. The number of anilines is 1. The van der Waals surface area contributed by atoms with Gasteiger partial charge >= 0.3 is 0 Å². The van der Waals surface area contributed by atoms with E-state index in [9.17, 15) is 0 Å². The Morgan fingerprint density at radius 3 is 2.42 bits per heavy atom. The van der Waals surface area contributed by atoms with Gasteiger partial charge in [0.05, 0.1) is 19.9 Å². The summed E-state index contributed by atoms with van der Waals surface area (Å²) in [5.41, 5.74) is 6.11. The molecule has 0 bridgehead atoms. The largest absolute Gasteiger partial charge is 0.493 e. The number of nitrogens with one attached hydrogen (secondary N) is 3. The molecule has 1 fully saturated rings. The van der Waals surface area contributed by atoms with Crippen LogP contribution in [0.5, 0.6) is 11.5 Å². The molecule has 2 aromatic carbocycles. The molecule has 0 unspecified atom stereocenters.